The van der Waals surface area contributed by atoms with Crippen LogP contribution < -0.4 is 0 Å². The summed E-state index contributed by atoms with van der Waals surface area (Å²) in [5, 5.41) is 9.98. The standard InChI is InChI=1S/C22H24F3NO2S/c23-22(24,25)19-9-5-4-6-17(19)14-21(16-27)10-12-26(13-11-21)20(28)15-29-18-7-2-1-3-8-18/h1-9,27H,10-16H2. The summed E-state index contributed by atoms with van der Waals surface area (Å²) in [6.45, 7) is 0.700. The van der Waals surface area contributed by atoms with Gasteiger partial charge in [0.1, 0.15) is 0 Å². The van der Waals surface area contributed by atoms with Crippen LogP contribution in [0.5, 0.6) is 0 Å². The molecule has 0 aromatic heterocycles. The molecule has 3 rings (SSSR count). The van der Waals surface area contributed by atoms with Gasteiger partial charge in [0, 0.05) is 30.0 Å². The second kappa shape index (κ2) is 9.22. The molecule has 0 bridgehead atoms. The average Bonchev–Trinajstić information content (AvgIpc) is 2.73. The molecule has 0 atom stereocenters. The first kappa shape index (κ1) is 21.7. The van der Waals surface area contributed by atoms with Crippen LogP contribution in [0.1, 0.15) is 24.0 Å². The normalized spacial score (nSPS) is 16.6. The van der Waals surface area contributed by atoms with Crippen LogP contribution in [-0.2, 0) is 17.4 Å². The van der Waals surface area contributed by atoms with Gasteiger partial charge in [0.15, 0.2) is 0 Å². The molecule has 0 saturated carbocycles. The molecule has 1 heterocycles. The summed E-state index contributed by atoms with van der Waals surface area (Å²) in [5.41, 5.74) is -1.08. The van der Waals surface area contributed by atoms with Gasteiger partial charge in [0.2, 0.25) is 5.91 Å². The Morgan fingerprint density at radius 3 is 2.28 bits per heavy atom. The van der Waals surface area contributed by atoms with Gasteiger partial charge in [-0.25, -0.2) is 0 Å². The van der Waals surface area contributed by atoms with Crippen LogP contribution >= 0.6 is 11.8 Å². The number of benzene rings is 2. The number of hydrogen-bond acceptors (Lipinski definition) is 3. The van der Waals surface area contributed by atoms with E-state index in [2.05, 4.69) is 0 Å². The molecule has 0 spiro atoms. The van der Waals surface area contributed by atoms with Crippen molar-refractivity contribution in [1.82, 2.24) is 4.90 Å². The van der Waals surface area contributed by atoms with Gasteiger partial charge in [-0.05, 0) is 43.0 Å². The number of aliphatic hydroxyl groups is 1. The van der Waals surface area contributed by atoms with Gasteiger partial charge in [-0.1, -0.05) is 36.4 Å². The zero-order chi connectivity index (χ0) is 20.9. The lowest BCUT2D eigenvalue weighted by atomic mass is 9.73. The highest BCUT2D eigenvalue weighted by atomic mass is 32.2. The highest BCUT2D eigenvalue weighted by Crippen LogP contribution is 2.39. The maximum atomic E-state index is 13.3. The summed E-state index contributed by atoms with van der Waals surface area (Å²) >= 11 is 1.47. The molecule has 2 aromatic carbocycles. The SMILES string of the molecule is O=C(CSc1ccccc1)N1CCC(CO)(Cc2ccccc2C(F)(F)F)CC1. The van der Waals surface area contributed by atoms with Crippen LogP contribution in [0.25, 0.3) is 0 Å². The molecule has 156 valence electrons. The smallest absolute Gasteiger partial charge is 0.396 e. The van der Waals surface area contributed by atoms with E-state index in [1.807, 2.05) is 30.3 Å². The molecule has 1 aliphatic rings. The number of carbonyl (C=O) groups excluding carboxylic acids is 1. The summed E-state index contributed by atoms with van der Waals surface area (Å²) in [5.74, 6) is 0.341. The molecule has 1 amide bonds. The molecule has 1 N–H and O–H groups in total. The van der Waals surface area contributed by atoms with Crippen molar-refractivity contribution in [2.45, 2.75) is 30.3 Å². The van der Waals surface area contributed by atoms with E-state index >= 15 is 0 Å². The highest BCUT2D eigenvalue weighted by molar-refractivity contribution is 8.00. The van der Waals surface area contributed by atoms with E-state index in [0.29, 0.717) is 31.7 Å². The molecular weight excluding hydrogens is 399 g/mol. The van der Waals surface area contributed by atoms with Crippen LogP contribution in [0.3, 0.4) is 0 Å². The fourth-order valence-corrected chi connectivity index (χ4v) is 4.55. The first-order chi connectivity index (χ1) is 13.8. The van der Waals surface area contributed by atoms with Crippen molar-refractivity contribution in [3.8, 4) is 0 Å². The third kappa shape index (κ3) is 5.54. The van der Waals surface area contributed by atoms with Gasteiger partial charge in [-0.2, -0.15) is 13.2 Å². The van der Waals surface area contributed by atoms with E-state index in [4.69, 9.17) is 0 Å². The lowest BCUT2D eigenvalue weighted by Gasteiger charge is -2.41. The fraction of sp³-hybridized carbons (Fsp3) is 0.409. The molecule has 2 aromatic rings. The number of piperidine rings is 1. The fourth-order valence-electron chi connectivity index (χ4n) is 3.73. The largest absolute Gasteiger partial charge is 0.416 e. The van der Waals surface area contributed by atoms with Crippen LogP contribution in [-0.4, -0.2) is 41.4 Å². The third-order valence-electron chi connectivity index (χ3n) is 5.51. The maximum Gasteiger partial charge on any atom is 0.416 e. The topological polar surface area (TPSA) is 40.5 Å². The van der Waals surface area contributed by atoms with Crippen molar-refractivity contribution in [1.29, 1.82) is 0 Å². The predicted octanol–water partition coefficient (Wildman–Crippen LogP) is 4.64. The van der Waals surface area contributed by atoms with Gasteiger partial charge in [0.25, 0.3) is 0 Å². The Morgan fingerprint density at radius 1 is 1.03 bits per heavy atom. The van der Waals surface area contributed by atoms with Crippen LogP contribution in [0, 0.1) is 5.41 Å². The van der Waals surface area contributed by atoms with E-state index in [1.165, 1.54) is 23.9 Å². The molecule has 0 radical (unpaired) electrons. The minimum Gasteiger partial charge on any atom is -0.396 e. The van der Waals surface area contributed by atoms with Crippen LogP contribution in [0.15, 0.2) is 59.5 Å². The second-order valence-electron chi connectivity index (χ2n) is 7.47. The van der Waals surface area contributed by atoms with Crippen molar-refractivity contribution >= 4 is 17.7 Å². The number of nitrogens with zero attached hydrogens (tertiary/aromatic N) is 1. The second-order valence-corrected chi connectivity index (χ2v) is 8.52. The van der Waals surface area contributed by atoms with E-state index in [0.717, 1.165) is 11.0 Å². The molecule has 29 heavy (non-hydrogen) atoms. The third-order valence-corrected chi connectivity index (χ3v) is 6.50. The van der Waals surface area contributed by atoms with Crippen molar-refractivity contribution in [2.24, 2.45) is 5.41 Å². The van der Waals surface area contributed by atoms with Crippen LogP contribution in [0.4, 0.5) is 13.2 Å². The average molecular weight is 424 g/mol. The van der Waals surface area contributed by atoms with E-state index in [1.54, 1.807) is 11.0 Å². The Kier molecular flexibility index (Phi) is 6.90. The number of rotatable bonds is 6. The summed E-state index contributed by atoms with van der Waals surface area (Å²) < 4.78 is 39.9. The van der Waals surface area contributed by atoms with Gasteiger partial charge in [-0.15, -0.1) is 11.8 Å². The maximum absolute atomic E-state index is 13.3. The summed E-state index contributed by atoms with van der Waals surface area (Å²) in [6.07, 6.45) is -3.30. The first-order valence-corrected chi connectivity index (χ1v) is 10.5. The number of hydrogen-bond donors (Lipinski definition) is 1. The molecular formula is C22H24F3NO2S. The van der Waals surface area contributed by atoms with Crippen molar-refractivity contribution in [3.63, 3.8) is 0 Å². The molecule has 7 heteroatoms. The van der Waals surface area contributed by atoms with Crippen molar-refractivity contribution in [3.05, 3.63) is 65.7 Å². The summed E-state index contributed by atoms with van der Waals surface area (Å²) in [7, 11) is 0. The zero-order valence-corrected chi connectivity index (χ0v) is 16.8. The molecule has 0 aliphatic carbocycles. The van der Waals surface area contributed by atoms with Gasteiger partial charge < -0.3 is 10.0 Å². The Morgan fingerprint density at radius 2 is 1.66 bits per heavy atom. The Labute approximate surface area is 172 Å². The Bertz CT molecular complexity index is 818. The number of carbonyl (C=O) groups is 1. The molecule has 1 saturated heterocycles. The predicted molar refractivity (Wildman–Crippen MR) is 108 cm³/mol. The number of likely N-dealkylation sites (tertiary alicyclic amines) is 1. The Hall–Kier alpha value is -1.99. The quantitative estimate of drug-likeness (QED) is 0.688. The van der Waals surface area contributed by atoms with Crippen molar-refractivity contribution in [2.75, 3.05) is 25.4 Å². The van der Waals surface area contributed by atoms with E-state index < -0.39 is 17.2 Å². The minimum absolute atomic E-state index is 0.0149. The summed E-state index contributed by atoms with van der Waals surface area (Å²) in [6, 6.07) is 15.2. The molecule has 0 unspecified atom stereocenters. The summed E-state index contributed by atoms with van der Waals surface area (Å²) in [4.78, 5) is 15.3. The number of amides is 1. The highest BCUT2D eigenvalue weighted by Gasteiger charge is 2.39. The minimum atomic E-state index is -4.42. The number of alkyl halides is 3. The number of halogens is 3. The monoisotopic (exact) mass is 423 g/mol. The number of aliphatic hydroxyl groups excluding tert-OH is 1. The lowest BCUT2D eigenvalue weighted by molar-refractivity contribution is -0.138. The van der Waals surface area contributed by atoms with Gasteiger partial charge >= 0.3 is 6.18 Å². The number of thioether (sulfide) groups is 1. The van der Waals surface area contributed by atoms with E-state index in [-0.39, 0.29) is 24.5 Å². The van der Waals surface area contributed by atoms with E-state index in [9.17, 15) is 23.1 Å². The molecule has 3 nitrogen and oxygen atoms in total. The Balaban J connectivity index is 1.61. The van der Waals surface area contributed by atoms with Crippen LogP contribution in [0.2, 0.25) is 0 Å². The van der Waals surface area contributed by atoms with Crippen molar-refractivity contribution < 1.29 is 23.1 Å². The van der Waals surface area contributed by atoms with Gasteiger partial charge in [0.05, 0.1) is 11.3 Å². The first-order valence-electron chi connectivity index (χ1n) is 9.55. The zero-order valence-electron chi connectivity index (χ0n) is 16.0. The van der Waals surface area contributed by atoms with Gasteiger partial charge in [-0.3, -0.25) is 4.79 Å². The lowest BCUT2D eigenvalue weighted by Crippen LogP contribution is -2.46. The molecule has 1 aliphatic heterocycles. The molecule has 1 fully saturated rings.